The summed E-state index contributed by atoms with van der Waals surface area (Å²) < 4.78 is 35.6. The molecule has 0 radical (unpaired) electrons. The zero-order chi connectivity index (χ0) is 83.4. The van der Waals surface area contributed by atoms with Crippen LogP contribution in [0.3, 0.4) is 0 Å². The van der Waals surface area contributed by atoms with Gasteiger partial charge in [0.05, 0.1) is 0 Å². The van der Waals surface area contributed by atoms with E-state index in [4.69, 9.17) is 12.9 Å². The Morgan fingerprint density at radius 3 is 0.927 bits per heavy atom. The van der Waals surface area contributed by atoms with Crippen LogP contribution in [0.15, 0.2) is 239 Å². The summed E-state index contributed by atoms with van der Waals surface area (Å²) >= 11 is 0. The van der Waals surface area contributed by atoms with E-state index in [1.165, 1.54) is 144 Å². The minimum Gasteiger partial charge on any atom is -0.456 e. The molecule has 2 heterocycles. The summed E-state index contributed by atoms with van der Waals surface area (Å²) in [5.74, 6) is 0. The summed E-state index contributed by atoms with van der Waals surface area (Å²) in [5.41, 5.74) is 37.3. The highest BCUT2D eigenvalue weighted by atomic mass is 16.3. The molecular formula is C108H128O2. The number of para-hydroxylation sites is 2. The van der Waals surface area contributed by atoms with Gasteiger partial charge in [-0.3, -0.25) is 0 Å². The molecule has 0 fully saturated rings. The summed E-state index contributed by atoms with van der Waals surface area (Å²) in [5, 5.41) is 4.85. The molecule has 2 heteroatoms. The lowest BCUT2D eigenvalue weighted by atomic mass is 9.81. The summed E-state index contributed by atoms with van der Waals surface area (Å²) in [6.07, 6.45) is 0. The molecule has 110 heavy (non-hydrogen) atoms. The summed E-state index contributed by atoms with van der Waals surface area (Å²) in [7, 11) is 0. The Bertz CT molecular complexity index is 5500. The van der Waals surface area contributed by atoms with E-state index >= 15 is 0 Å². The summed E-state index contributed by atoms with van der Waals surface area (Å²) in [4.78, 5) is 0. The van der Waals surface area contributed by atoms with E-state index in [-0.39, 0.29) is 32.5 Å². The molecule has 0 aliphatic heterocycles. The molecule has 14 rings (SSSR count). The lowest BCUT2D eigenvalue weighted by Gasteiger charge is -2.24. The van der Waals surface area contributed by atoms with Gasteiger partial charge in [-0.25, -0.2) is 0 Å². The largest absolute Gasteiger partial charge is 0.456 e. The van der Waals surface area contributed by atoms with Crippen LogP contribution in [0.4, 0.5) is 0 Å². The molecular weight excluding hydrogens is 1330 g/mol. The molecule has 2 aromatic heterocycles. The minimum atomic E-state index is -2.11. The monoisotopic (exact) mass is 1460 g/mol. The van der Waals surface area contributed by atoms with Crippen LogP contribution in [0.2, 0.25) is 0 Å². The van der Waals surface area contributed by atoms with Crippen molar-refractivity contribution in [2.75, 3.05) is 0 Å². The van der Waals surface area contributed by atoms with Crippen molar-refractivity contribution in [3.8, 4) is 44.5 Å². The number of furan rings is 2. The average molecular weight is 1460 g/mol. The van der Waals surface area contributed by atoms with Gasteiger partial charge in [-0.1, -0.05) is 353 Å². The number of hydrogen-bond acceptors (Lipinski definition) is 2. The highest BCUT2D eigenvalue weighted by Gasteiger charge is 2.25. The Morgan fingerprint density at radius 1 is 0.218 bits per heavy atom. The van der Waals surface area contributed by atoms with Gasteiger partial charge in [0.2, 0.25) is 0 Å². The molecule has 0 amide bonds. The van der Waals surface area contributed by atoms with Gasteiger partial charge in [-0.2, -0.15) is 0 Å². The van der Waals surface area contributed by atoms with Gasteiger partial charge in [0.15, 0.2) is 0 Å². The Hall–Kier alpha value is -9.76. The van der Waals surface area contributed by atoms with E-state index in [9.17, 15) is 0 Å². The number of hydrogen-bond donors (Lipinski definition) is 0. The fourth-order valence-corrected chi connectivity index (χ4v) is 15.4. The summed E-state index contributed by atoms with van der Waals surface area (Å²) in [6.45, 7) is 61.8. The highest BCUT2D eigenvalue weighted by molar-refractivity contribution is 6.07. The van der Waals surface area contributed by atoms with Gasteiger partial charge < -0.3 is 8.83 Å². The topological polar surface area (TPSA) is 26.3 Å². The third-order valence-corrected chi connectivity index (χ3v) is 21.2. The minimum absolute atomic E-state index is 0.0171. The number of fused-ring (bicyclic) bond motifs is 6. The molecule has 572 valence electrons. The van der Waals surface area contributed by atoms with E-state index < -0.39 is 6.85 Å². The van der Waals surface area contributed by atoms with Crippen LogP contribution in [0.1, 0.15) is 229 Å². The second kappa shape index (κ2) is 33.8. The van der Waals surface area contributed by atoms with Crippen molar-refractivity contribution in [2.45, 2.75) is 240 Å². The maximum atomic E-state index is 7.86. The van der Waals surface area contributed by atoms with Crippen molar-refractivity contribution in [2.24, 2.45) is 0 Å². The third-order valence-electron chi connectivity index (χ3n) is 21.2. The molecule has 0 aliphatic carbocycles. The quantitative estimate of drug-likeness (QED) is 0.176. The summed E-state index contributed by atoms with van der Waals surface area (Å²) in [6, 6.07) is 81.8. The van der Waals surface area contributed by atoms with Gasteiger partial charge in [-0.05, 0) is 257 Å². The van der Waals surface area contributed by atoms with E-state index in [1.807, 2.05) is 68.4 Å². The number of benzene rings is 12. The number of rotatable bonds is 4. The number of aryl methyl sites for hydroxylation is 12. The highest BCUT2D eigenvalue weighted by Crippen LogP contribution is 2.41. The lowest BCUT2D eigenvalue weighted by molar-refractivity contribution is 0.569. The van der Waals surface area contributed by atoms with Gasteiger partial charge in [-0.15, -0.1) is 0 Å². The Morgan fingerprint density at radius 2 is 0.536 bits per heavy atom. The van der Waals surface area contributed by atoms with E-state index in [1.54, 1.807) is 0 Å². The van der Waals surface area contributed by atoms with Crippen LogP contribution in [0.5, 0.6) is 0 Å². The first-order valence-electron chi connectivity index (χ1n) is 41.1. The van der Waals surface area contributed by atoms with Crippen LogP contribution in [0.25, 0.3) is 88.4 Å². The zero-order valence-electron chi connectivity index (χ0n) is 75.3. The SMILES string of the molecule is Cc1cc2c(cc1C(C)(C)C)oc1ccccc12.Cc1ccc(-c2cc(C(C)(C)C)c(C)cc2C)cc1.Cc1ccc(-c2ccc(C)c(C(C)(C)C)c2)cc1.Cc1ccc(-c2ccc(C)c(C(C)(C)C)c2)cc1.Cc1ccc2c(oc3ccccc32)c1C(C)(C)C.[2H]C([2H])([2H])c1cc(C)c(C(C)(C)C)cc1-c1ccc(C)cc1. The van der Waals surface area contributed by atoms with Crippen LogP contribution in [-0.4, -0.2) is 0 Å². The van der Waals surface area contributed by atoms with Crippen LogP contribution in [0, 0.1) is 83.0 Å². The molecule has 0 saturated heterocycles. The van der Waals surface area contributed by atoms with Crippen LogP contribution in [-0.2, 0) is 32.5 Å². The van der Waals surface area contributed by atoms with Gasteiger partial charge >= 0.3 is 0 Å². The van der Waals surface area contributed by atoms with E-state index in [0.717, 1.165) is 39.0 Å². The second-order valence-electron chi connectivity index (χ2n) is 37.2. The van der Waals surface area contributed by atoms with Crippen LogP contribution < -0.4 is 0 Å². The Balaban J connectivity index is 0.000000156. The third kappa shape index (κ3) is 20.8. The molecule has 0 N–H and O–H groups in total. The molecule has 0 atom stereocenters. The molecule has 0 aliphatic rings. The fourth-order valence-electron chi connectivity index (χ4n) is 15.4. The van der Waals surface area contributed by atoms with Crippen molar-refractivity contribution >= 4 is 43.9 Å². The molecule has 0 bridgehead atoms. The van der Waals surface area contributed by atoms with Gasteiger partial charge in [0.1, 0.15) is 22.3 Å². The van der Waals surface area contributed by atoms with Gasteiger partial charge in [0.25, 0.3) is 0 Å². The van der Waals surface area contributed by atoms with Crippen molar-refractivity contribution in [3.05, 3.63) is 331 Å². The lowest BCUT2D eigenvalue weighted by Crippen LogP contribution is -2.13. The molecule has 0 unspecified atom stereocenters. The molecule has 12 aromatic carbocycles. The van der Waals surface area contributed by atoms with Crippen molar-refractivity contribution in [1.29, 1.82) is 0 Å². The normalized spacial score (nSPS) is 12.4. The first-order chi connectivity index (χ1) is 52.5. The van der Waals surface area contributed by atoms with E-state index in [0.29, 0.717) is 5.56 Å². The fraction of sp³-hybridized carbons (Fsp3) is 0.333. The Labute approximate surface area is 668 Å². The van der Waals surface area contributed by atoms with Crippen molar-refractivity contribution in [1.82, 2.24) is 0 Å². The van der Waals surface area contributed by atoms with Gasteiger partial charge in [0, 0.05) is 31.2 Å². The Kier molecular flexibility index (Phi) is 24.5. The maximum Gasteiger partial charge on any atom is 0.139 e. The zero-order valence-corrected chi connectivity index (χ0v) is 72.3. The average Bonchev–Trinajstić information content (AvgIpc) is 1.75. The van der Waals surface area contributed by atoms with Crippen LogP contribution >= 0.6 is 0 Å². The predicted octanol–water partition coefficient (Wildman–Crippen LogP) is 32.1. The predicted molar refractivity (Wildman–Crippen MR) is 484 cm³/mol. The van der Waals surface area contributed by atoms with Crippen molar-refractivity contribution in [3.63, 3.8) is 0 Å². The molecule has 14 aromatic rings. The smallest absolute Gasteiger partial charge is 0.139 e. The maximum absolute atomic E-state index is 7.86. The standard InChI is InChI=1S/2C19H24.2C18H22.2C17H18O/c2*1-13-7-9-16(10-8-13)17-12-18(19(4,5)6)15(3)11-14(17)2;2*1-13-6-9-15(10-7-13)16-11-8-14(2)17(12-16)18(3,4)5;1-11-9-13-12-7-5-6-8-15(12)18-16(13)10-14(11)17(2,3)4;1-11-9-10-13-12-7-5-6-8-14(12)18-16(13)15(11)17(2,3)4/h2*7-12H,1-6H3;2*6-12H,1-5H3;2*5-10H,1-4H3/i2D3;;;;;. The molecule has 0 spiro atoms. The first kappa shape index (κ1) is 79.8. The van der Waals surface area contributed by atoms with Crippen molar-refractivity contribution < 1.29 is 12.9 Å². The van der Waals surface area contributed by atoms with E-state index in [2.05, 4.69) is 363 Å². The first-order valence-corrected chi connectivity index (χ1v) is 39.6. The molecule has 0 saturated carbocycles. The molecule has 2 nitrogen and oxygen atoms in total. The second-order valence-corrected chi connectivity index (χ2v) is 37.2.